The van der Waals surface area contributed by atoms with Gasteiger partial charge in [-0.05, 0) is 84.1 Å². The number of rotatable bonds is 4. The molecule has 1 aromatic rings. The molecule has 6 heteroatoms. The molecule has 2 aliphatic rings. The zero-order valence-corrected chi connectivity index (χ0v) is 19.8. The van der Waals surface area contributed by atoms with E-state index in [9.17, 15) is 19.8 Å². The first-order chi connectivity index (χ1) is 14.9. The van der Waals surface area contributed by atoms with Crippen LogP contribution in [0.4, 0.5) is 5.69 Å². The van der Waals surface area contributed by atoms with E-state index in [4.69, 9.17) is 1.37 Å². The van der Waals surface area contributed by atoms with Gasteiger partial charge in [-0.15, -0.1) is 11.3 Å². The summed E-state index contributed by atoms with van der Waals surface area (Å²) in [6, 6.07) is 1.53. The molecule has 0 aromatic carbocycles. The van der Waals surface area contributed by atoms with Gasteiger partial charge in [0.25, 0.3) is 0 Å². The monoisotopic (exact) mass is 446 g/mol. The van der Waals surface area contributed by atoms with Crippen LogP contribution in [-0.4, -0.2) is 34.2 Å². The second-order valence-electron chi connectivity index (χ2n) is 10.1. The van der Waals surface area contributed by atoms with Crippen molar-refractivity contribution in [3.05, 3.63) is 15.8 Å². The number of nitrogens with zero attached hydrogens (tertiary/aromatic N) is 1. The molecule has 2 saturated carbocycles. The summed E-state index contributed by atoms with van der Waals surface area (Å²) in [5.74, 6) is 5.65. The normalized spacial score (nSPS) is 29.5. The number of carboxylic acid groups (broad SMARTS) is 1. The first-order valence-corrected chi connectivity index (χ1v) is 12.1. The molecular weight excluding hydrogens is 410 g/mol. The van der Waals surface area contributed by atoms with E-state index >= 15 is 0 Å². The third-order valence-corrected chi connectivity index (χ3v) is 7.25. The Hall–Kier alpha value is -1.84. The van der Waals surface area contributed by atoms with Gasteiger partial charge in [0.15, 0.2) is 0 Å². The van der Waals surface area contributed by atoms with Crippen LogP contribution >= 0.6 is 11.3 Å². The predicted octanol–water partition coefficient (Wildman–Crippen LogP) is 5.31. The minimum Gasteiger partial charge on any atom is -0.477 e. The van der Waals surface area contributed by atoms with Crippen LogP contribution in [0.2, 0.25) is 0 Å². The van der Waals surface area contributed by atoms with Crippen LogP contribution in [0.25, 0.3) is 0 Å². The van der Waals surface area contributed by atoms with E-state index in [1.807, 2.05) is 20.8 Å². The van der Waals surface area contributed by atoms with Crippen LogP contribution in [0.1, 0.15) is 95.0 Å². The number of aromatic carboxylic acids is 1. The van der Waals surface area contributed by atoms with Gasteiger partial charge in [-0.25, -0.2) is 4.79 Å². The lowest BCUT2D eigenvalue weighted by Crippen LogP contribution is -2.47. The number of carbonyl (C=O) groups excluding carboxylic acids is 1. The van der Waals surface area contributed by atoms with Gasteiger partial charge in [0.2, 0.25) is 5.91 Å². The Kier molecular flexibility index (Phi) is 7.03. The molecule has 0 unspecified atom stereocenters. The number of amides is 1. The molecule has 1 amide bonds. The Morgan fingerprint density at radius 2 is 1.74 bits per heavy atom. The smallest absolute Gasteiger partial charge is 0.348 e. The maximum atomic E-state index is 13.8. The summed E-state index contributed by atoms with van der Waals surface area (Å²) >= 11 is 1.11. The molecule has 1 aromatic heterocycles. The highest BCUT2D eigenvalue weighted by molar-refractivity contribution is 7.15. The Morgan fingerprint density at radius 3 is 2.29 bits per heavy atom. The third-order valence-electron chi connectivity index (χ3n) is 6.23. The van der Waals surface area contributed by atoms with Crippen molar-refractivity contribution in [3.8, 4) is 11.8 Å². The van der Waals surface area contributed by atoms with Gasteiger partial charge in [0, 0.05) is 17.4 Å². The fourth-order valence-corrected chi connectivity index (χ4v) is 5.26. The van der Waals surface area contributed by atoms with Crippen LogP contribution in [-0.2, 0) is 4.79 Å². The zero-order valence-electron chi connectivity index (χ0n) is 20.0. The Balaban J connectivity index is 2.00. The van der Waals surface area contributed by atoms with Crippen LogP contribution in [0.3, 0.4) is 0 Å². The summed E-state index contributed by atoms with van der Waals surface area (Å²) in [4.78, 5) is 28.3. The van der Waals surface area contributed by atoms with Crippen LogP contribution in [0, 0.1) is 29.1 Å². The Labute approximate surface area is 191 Å². The lowest BCUT2D eigenvalue weighted by molar-refractivity contribution is -0.124. The van der Waals surface area contributed by atoms with E-state index in [0.717, 1.165) is 37.0 Å². The number of carboxylic acids is 1. The number of anilines is 1. The number of aliphatic hydroxyl groups is 1. The highest BCUT2D eigenvalue weighted by Crippen LogP contribution is 2.38. The van der Waals surface area contributed by atoms with Crippen LogP contribution in [0.5, 0.6) is 0 Å². The second-order valence-corrected chi connectivity index (χ2v) is 11.1. The van der Waals surface area contributed by atoms with Crippen LogP contribution in [0.15, 0.2) is 6.07 Å². The Morgan fingerprint density at radius 1 is 1.13 bits per heavy atom. The summed E-state index contributed by atoms with van der Waals surface area (Å²) < 4.78 is 7.96. The van der Waals surface area contributed by atoms with Gasteiger partial charge in [-0.3, -0.25) is 4.79 Å². The van der Waals surface area contributed by atoms with Crippen molar-refractivity contribution >= 4 is 28.9 Å². The summed E-state index contributed by atoms with van der Waals surface area (Å²) in [5.41, 5.74) is 0.203. The van der Waals surface area contributed by atoms with Gasteiger partial charge >= 0.3 is 5.97 Å². The molecular formula is C25H35NO4S. The van der Waals surface area contributed by atoms with E-state index in [0.29, 0.717) is 29.3 Å². The van der Waals surface area contributed by atoms with Crippen molar-refractivity contribution in [1.29, 1.82) is 0 Å². The fourth-order valence-electron chi connectivity index (χ4n) is 4.42. The van der Waals surface area contributed by atoms with Gasteiger partial charge in [0.05, 0.1) is 18.0 Å². The van der Waals surface area contributed by atoms with Crippen LogP contribution < -0.4 is 4.90 Å². The summed E-state index contributed by atoms with van der Waals surface area (Å²) in [7, 11) is 0. The lowest BCUT2D eigenvalue weighted by atomic mass is 9.81. The molecule has 0 aliphatic heterocycles. The molecule has 0 atom stereocenters. The van der Waals surface area contributed by atoms with Crippen molar-refractivity contribution in [2.75, 3.05) is 4.90 Å². The predicted molar refractivity (Wildman–Crippen MR) is 124 cm³/mol. The number of hydrogen-bond donors (Lipinski definition) is 2. The largest absolute Gasteiger partial charge is 0.477 e. The number of carbonyl (C=O) groups is 2. The number of thiophene rings is 1. The maximum Gasteiger partial charge on any atom is 0.348 e. The molecule has 0 saturated heterocycles. The second kappa shape index (κ2) is 9.75. The highest BCUT2D eigenvalue weighted by Gasteiger charge is 2.37. The lowest BCUT2D eigenvalue weighted by Gasteiger charge is -2.38. The first-order valence-electron chi connectivity index (χ1n) is 11.8. The van der Waals surface area contributed by atoms with E-state index in [-0.39, 0.29) is 41.0 Å². The molecule has 2 N–H and O–H groups in total. The fraction of sp³-hybridized carbons (Fsp3) is 0.680. The topological polar surface area (TPSA) is 77.8 Å². The average Bonchev–Trinajstić information content (AvgIpc) is 3.12. The molecule has 5 nitrogen and oxygen atoms in total. The van der Waals surface area contributed by atoms with E-state index < -0.39 is 12.0 Å². The summed E-state index contributed by atoms with van der Waals surface area (Å²) in [6.45, 7) is 8.19. The zero-order chi connectivity index (χ0) is 23.7. The van der Waals surface area contributed by atoms with E-state index in [2.05, 4.69) is 18.8 Å². The van der Waals surface area contributed by atoms with Crippen molar-refractivity contribution in [1.82, 2.24) is 0 Å². The third kappa shape index (κ3) is 6.11. The first kappa shape index (κ1) is 22.4. The minimum absolute atomic E-state index is 0.0204. The van der Waals surface area contributed by atoms with Crippen molar-refractivity contribution < 1.29 is 21.2 Å². The average molecular weight is 447 g/mol. The Bertz CT molecular complexity index is 903. The summed E-state index contributed by atoms with van der Waals surface area (Å²) in [6.07, 6.45) is 3.65. The van der Waals surface area contributed by atoms with E-state index in [1.54, 1.807) is 11.0 Å². The molecule has 0 spiro atoms. The highest BCUT2D eigenvalue weighted by atomic mass is 32.1. The molecule has 2 fully saturated rings. The molecule has 2 aliphatic carbocycles. The molecule has 170 valence electrons. The standard InChI is InChI=1S/C25H35NO4S/c1-16-5-7-17(8-6-16)23(28)26(18-9-11-19(27)12-10-18)21-15-20(13-14-25(2,3)4)31-22(21)24(29)30/h15-19,27H,5-12H2,1-4H3,(H,29,30)/t16?,17?,18-,19-/i19D. The summed E-state index contributed by atoms with van der Waals surface area (Å²) in [5, 5.41) is 20.0. The van der Waals surface area contributed by atoms with Gasteiger partial charge in [-0.2, -0.15) is 0 Å². The van der Waals surface area contributed by atoms with Crippen molar-refractivity contribution in [2.45, 2.75) is 91.2 Å². The molecule has 3 rings (SSSR count). The SMILES string of the molecule is [2H][C@]1(O)CC[C@H](N(C(=O)C2CCC(C)CC2)c2cc(C#CC(C)(C)C)sc2C(=O)O)CC1. The molecule has 0 radical (unpaired) electrons. The quantitative estimate of drug-likeness (QED) is 0.615. The minimum atomic E-state index is -1.47. The maximum absolute atomic E-state index is 13.8. The molecule has 31 heavy (non-hydrogen) atoms. The molecule has 1 heterocycles. The van der Waals surface area contributed by atoms with Crippen molar-refractivity contribution in [2.24, 2.45) is 17.3 Å². The van der Waals surface area contributed by atoms with E-state index in [1.165, 1.54) is 0 Å². The van der Waals surface area contributed by atoms with Gasteiger partial charge in [-0.1, -0.05) is 18.8 Å². The van der Waals surface area contributed by atoms with Gasteiger partial charge < -0.3 is 15.1 Å². The molecule has 0 bridgehead atoms. The van der Waals surface area contributed by atoms with Gasteiger partial charge in [0.1, 0.15) is 4.88 Å². The van der Waals surface area contributed by atoms with Crippen molar-refractivity contribution in [3.63, 3.8) is 0 Å². The number of hydrogen-bond acceptors (Lipinski definition) is 4.